The summed E-state index contributed by atoms with van der Waals surface area (Å²) in [7, 11) is -3.51. The van der Waals surface area contributed by atoms with Crippen molar-refractivity contribution in [2.45, 2.75) is 31.6 Å². The quantitative estimate of drug-likeness (QED) is 0.733. The summed E-state index contributed by atoms with van der Waals surface area (Å²) in [6.07, 6.45) is 1.75. The second-order valence-corrected chi connectivity index (χ2v) is 9.08. The van der Waals surface area contributed by atoms with Gasteiger partial charge in [0.1, 0.15) is 0 Å². The van der Waals surface area contributed by atoms with Gasteiger partial charge >= 0.3 is 0 Å². The smallest absolute Gasteiger partial charge is 0.255 e. The van der Waals surface area contributed by atoms with Gasteiger partial charge in [0.2, 0.25) is 10.0 Å². The molecule has 1 heterocycles. The van der Waals surface area contributed by atoms with Gasteiger partial charge in [0.05, 0.1) is 4.90 Å². The number of nitrogens with one attached hydrogen (secondary N) is 1. The summed E-state index contributed by atoms with van der Waals surface area (Å²) in [6.45, 7) is 5.10. The van der Waals surface area contributed by atoms with Crippen LogP contribution in [0.4, 0.5) is 11.4 Å². The molecule has 0 unspecified atom stereocenters. The first kappa shape index (κ1) is 22.2. The molecule has 3 N–H and O–H groups in total. The number of sulfonamides is 1. The molecule has 28 heavy (non-hydrogen) atoms. The third kappa shape index (κ3) is 4.84. The highest BCUT2D eigenvalue weighted by atomic mass is 35.5. The lowest BCUT2D eigenvalue weighted by Gasteiger charge is -2.29. The molecule has 1 fully saturated rings. The first-order chi connectivity index (χ1) is 12.8. The minimum atomic E-state index is -3.51. The number of amides is 1. The molecule has 2 aromatic rings. The summed E-state index contributed by atoms with van der Waals surface area (Å²) < 4.78 is 27.0. The number of carbonyl (C=O) groups is 1. The normalized spacial score (nSPS) is 15.6. The van der Waals surface area contributed by atoms with E-state index in [0.29, 0.717) is 35.9 Å². The zero-order chi connectivity index (χ0) is 19.6. The summed E-state index contributed by atoms with van der Waals surface area (Å²) in [5.41, 5.74) is 8.26. The van der Waals surface area contributed by atoms with E-state index < -0.39 is 10.0 Å². The predicted molar refractivity (Wildman–Crippen MR) is 114 cm³/mol. The third-order valence-electron chi connectivity index (χ3n) is 5.01. The highest BCUT2D eigenvalue weighted by Gasteiger charge is 2.28. The number of piperidine rings is 1. The van der Waals surface area contributed by atoms with E-state index >= 15 is 0 Å². The number of anilines is 2. The van der Waals surface area contributed by atoms with Crippen molar-refractivity contribution in [1.29, 1.82) is 0 Å². The van der Waals surface area contributed by atoms with Crippen molar-refractivity contribution >= 4 is 39.7 Å². The molecule has 3 rings (SSSR count). The second-order valence-electron chi connectivity index (χ2n) is 7.14. The first-order valence-electron chi connectivity index (χ1n) is 9.05. The van der Waals surface area contributed by atoms with E-state index in [-0.39, 0.29) is 23.2 Å². The molecule has 8 heteroatoms. The molecule has 2 aromatic carbocycles. The molecule has 1 aliphatic rings. The highest BCUT2D eigenvalue weighted by molar-refractivity contribution is 7.89. The molecule has 1 saturated heterocycles. The Kier molecular flexibility index (Phi) is 7.09. The number of hydrogen-bond acceptors (Lipinski definition) is 4. The third-order valence-corrected chi connectivity index (χ3v) is 6.92. The number of nitrogens with two attached hydrogens (primary N) is 1. The number of benzene rings is 2. The molecule has 0 bridgehead atoms. The molecule has 0 radical (unpaired) electrons. The lowest BCUT2D eigenvalue weighted by molar-refractivity contribution is 0.102. The Labute approximate surface area is 172 Å². The van der Waals surface area contributed by atoms with Gasteiger partial charge in [-0.05, 0) is 67.6 Å². The fourth-order valence-corrected chi connectivity index (χ4v) is 4.59. The lowest BCUT2D eigenvalue weighted by atomic mass is 10.0. The molecule has 0 saturated carbocycles. The standard InChI is InChI=1S/C20H25N3O3S.ClH/c1-14-9-11-23(12-10-14)27(25,26)18-7-4-16(5-8-18)20(24)22-19-13-17(21)6-3-15(19)2;/h3-8,13-14H,9-12,21H2,1-2H3,(H,22,24);1H. The number of aryl methyl sites for hydroxylation is 1. The predicted octanol–water partition coefficient (Wildman–Crippen LogP) is 3.67. The Balaban J connectivity index is 0.00000280. The number of carbonyl (C=O) groups excluding carboxylic acids is 1. The summed E-state index contributed by atoms with van der Waals surface area (Å²) in [5, 5.41) is 2.81. The molecule has 0 atom stereocenters. The molecule has 1 amide bonds. The van der Waals surface area contributed by atoms with Crippen LogP contribution in [-0.4, -0.2) is 31.7 Å². The van der Waals surface area contributed by atoms with Crippen molar-refractivity contribution < 1.29 is 13.2 Å². The van der Waals surface area contributed by atoms with Crippen LogP contribution in [0.2, 0.25) is 0 Å². The Hall–Kier alpha value is -2.09. The van der Waals surface area contributed by atoms with E-state index in [4.69, 9.17) is 5.73 Å². The molecule has 152 valence electrons. The van der Waals surface area contributed by atoms with Gasteiger partial charge in [-0.3, -0.25) is 4.79 Å². The van der Waals surface area contributed by atoms with Gasteiger partial charge in [-0.1, -0.05) is 13.0 Å². The molecule has 6 nitrogen and oxygen atoms in total. The Morgan fingerprint density at radius 3 is 2.32 bits per heavy atom. The van der Waals surface area contributed by atoms with Crippen molar-refractivity contribution in [3.8, 4) is 0 Å². The number of nitrogen functional groups attached to an aromatic ring is 1. The van der Waals surface area contributed by atoms with Crippen molar-refractivity contribution in [3.63, 3.8) is 0 Å². The fraction of sp³-hybridized carbons (Fsp3) is 0.350. The van der Waals surface area contributed by atoms with E-state index in [1.54, 1.807) is 12.1 Å². The topological polar surface area (TPSA) is 92.5 Å². The van der Waals surface area contributed by atoms with Gasteiger partial charge in [0, 0.05) is 30.0 Å². The highest BCUT2D eigenvalue weighted by Crippen LogP contribution is 2.24. The first-order valence-corrected chi connectivity index (χ1v) is 10.5. The van der Waals surface area contributed by atoms with Crippen LogP contribution in [-0.2, 0) is 10.0 Å². The van der Waals surface area contributed by atoms with E-state index in [2.05, 4.69) is 12.2 Å². The average Bonchev–Trinajstić information content (AvgIpc) is 2.65. The Bertz CT molecular complexity index is 938. The molecule has 1 aliphatic heterocycles. The van der Waals surface area contributed by atoms with Crippen molar-refractivity contribution in [2.24, 2.45) is 5.92 Å². The zero-order valence-corrected chi connectivity index (χ0v) is 17.6. The van der Waals surface area contributed by atoms with Crippen LogP contribution < -0.4 is 11.1 Å². The van der Waals surface area contributed by atoms with Gasteiger partial charge in [-0.15, -0.1) is 12.4 Å². The number of rotatable bonds is 4. The van der Waals surface area contributed by atoms with Gasteiger partial charge < -0.3 is 11.1 Å². The van der Waals surface area contributed by atoms with Crippen LogP contribution in [0.3, 0.4) is 0 Å². The summed E-state index contributed by atoms with van der Waals surface area (Å²) in [6, 6.07) is 11.4. The molecule has 0 spiro atoms. The second kappa shape index (κ2) is 8.94. The lowest BCUT2D eigenvalue weighted by Crippen LogP contribution is -2.37. The van der Waals surface area contributed by atoms with Crippen LogP contribution >= 0.6 is 12.4 Å². The van der Waals surface area contributed by atoms with Crippen molar-refractivity contribution in [2.75, 3.05) is 24.1 Å². The maximum atomic E-state index is 12.8. The SMILES string of the molecule is Cc1ccc(N)cc1NC(=O)c1ccc(S(=O)(=O)N2CCC(C)CC2)cc1.Cl. The van der Waals surface area contributed by atoms with Crippen LogP contribution in [0.15, 0.2) is 47.4 Å². The van der Waals surface area contributed by atoms with Crippen molar-refractivity contribution in [1.82, 2.24) is 4.31 Å². The Morgan fingerprint density at radius 2 is 1.71 bits per heavy atom. The maximum Gasteiger partial charge on any atom is 0.255 e. The minimum absolute atomic E-state index is 0. The number of hydrogen-bond donors (Lipinski definition) is 2. The van der Waals surface area contributed by atoms with Gasteiger partial charge in [0.15, 0.2) is 0 Å². The van der Waals surface area contributed by atoms with Gasteiger partial charge in [-0.25, -0.2) is 8.42 Å². The van der Waals surface area contributed by atoms with E-state index in [0.717, 1.165) is 18.4 Å². The van der Waals surface area contributed by atoms with E-state index in [1.165, 1.54) is 28.6 Å². The monoisotopic (exact) mass is 423 g/mol. The van der Waals surface area contributed by atoms with Crippen LogP contribution in [0.5, 0.6) is 0 Å². The zero-order valence-electron chi connectivity index (χ0n) is 16.0. The molecule has 0 aromatic heterocycles. The van der Waals surface area contributed by atoms with Gasteiger partial charge in [0.25, 0.3) is 5.91 Å². The van der Waals surface area contributed by atoms with E-state index in [1.807, 2.05) is 13.0 Å². The Morgan fingerprint density at radius 1 is 1.11 bits per heavy atom. The molecule has 0 aliphatic carbocycles. The average molecular weight is 424 g/mol. The van der Waals surface area contributed by atoms with Crippen LogP contribution in [0.1, 0.15) is 35.7 Å². The van der Waals surface area contributed by atoms with E-state index in [9.17, 15) is 13.2 Å². The molecular formula is C20H26ClN3O3S. The number of nitrogens with zero attached hydrogens (tertiary/aromatic N) is 1. The minimum Gasteiger partial charge on any atom is -0.399 e. The largest absolute Gasteiger partial charge is 0.399 e. The summed E-state index contributed by atoms with van der Waals surface area (Å²) >= 11 is 0. The fourth-order valence-electron chi connectivity index (χ4n) is 3.12. The van der Waals surface area contributed by atoms with Crippen LogP contribution in [0, 0.1) is 12.8 Å². The van der Waals surface area contributed by atoms with Gasteiger partial charge in [-0.2, -0.15) is 4.31 Å². The van der Waals surface area contributed by atoms with Crippen molar-refractivity contribution in [3.05, 3.63) is 53.6 Å². The summed E-state index contributed by atoms with van der Waals surface area (Å²) in [5.74, 6) is 0.248. The summed E-state index contributed by atoms with van der Waals surface area (Å²) in [4.78, 5) is 12.7. The molecular weight excluding hydrogens is 398 g/mol. The number of halogens is 1. The maximum absolute atomic E-state index is 12.8. The van der Waals surface area contributed by atoms with Crippen LogP contribution in [0.25, 0.3) is 0 Å².